The van der Waals surface area contributed by atoms with E-state index in [1.165, 1.54) is 0 Å². The standard InChI is InChI=1S/C11H16N2O/c1-4-14-11-7-13-10(5-8(11)2)6-9(3)12/h5-7H,4,12H2,1-3H3/b9-6-. The summed E-state index contributed by atoms with van der Waals surface area (Å²) in [4.78, 5) is 4.22. The number of pyridine rings is 1. The van der Waals surface area contributed by atoms with Crippen molar-refractivity contribution in [3.8, 4) is 5.75 Å². The van der Waals surface area contributed by atoms with Crippen LogP contribution in [0.15, 0.2) is 18.0 Å². The van der Waals surface area contributed by atoms with Crippen LogP contribution in [0.1, 0.15) is 25.1 Å². The molecule has 0 bridgehead atoms. The van der Waals surface area contributed by atoms with Crippen molar-refractivity contribution >= 4 is 6.08 Å². The molecule has 0 fully saturated rings. The molecule has 0 aromatic carbocycles. The fraction of sp³-hybridized carbons (Fsp3) is 0.364. The van der Waals surface area contributed by atoms with E-state index in [0.29, 0.717) is 6.61 Å². The van der Waals surface area contributed by atoms with Crippen LogP contribution in [0.25, 0.3) is 6.08 Å². The Morgan fingerprint density at radius 1 is 1.64 bits per heavy atom. The van der Waals surface area contributed by atoms with Gasteiger partial charge in [0.1, 0.15) is 5.75 Å². The fourth-order valence-electron chi connectivity index (χ4n) is 1.18. The van der Waals surface area contributed by atoms with Gasteiger partial charge in [-0.3, -0.25) is 4.98 Å². The maximum absolute atomic E-state index is 5.56. The normalized spacial score (nSPS) is 11.5. The Balaban J connectivity index is 2.94. The predicted octanol–water partition coefficient (Wildman–Crippen LogP) is 2.11. The van der Waals surface area contributed by atoms with Crippen LogP contribution in [-0.2, 0) is 0 Å². The minimum atomic E-state index is 0.660. The van der Waals surface area contributed by atoms with Gasteiger partial charge in [0, 0.05) is 5.70 Å². The van der Waals surface area contributed by atoms with Crippen LogP contribution < -0.4 is 10.5 Å². The molecule has 3 nitrogen and oxygen atoms in total. The summed E-state index contributed by atoms with van der Waals surface area (Å²) in [6, 6.07) is 1.96. The molecular weight excluding hydrogens is 176 g/mol. The summed E-state index contributed by atoms with van der Waals surface area (Å²) < 4.78 is 5.38. The van der Waals surface area contributed by atoms with Crippen molar-refractivity contribution in [3.05, 3.63) is 29.2 Å². The molecule has 0 radical (unpaired) electrons. The van der Waals surface area contributed by atoms with Gasteiger partial charge in [-0.2, -0.15) is 0 Å². The third kappa shape index (κ3) is 2.76. The summed E-state index contributed by atoms with van der Waals surface area (Å²) in [6.45, 7) is 6.45. The van der Waals surface area contributed by atoms with Gasteiger partial charge in [-0.25, -0.2) is 0 Å². The summed E-state index contributed by atoms with van der Waals surface area (Å²) in [5, 5.41) is 0. The zero-order valence-electron chi connectivity index (χ0n) is 8.87. The summed E-state index contributed by atoms with van der Waals surface area (Å²) in [6.07, 6.45) is 3.57. The number of nitrogens with zero attached hydrogens (tertiary/aromatic N) is 1. The molecule has 0 saturated carbocycles. The number of hydrogen-bond donors (Lipinski definition) is 1. The van der Waals surface area contributed by atoms with Crippen LogP contribution >= 0.6 is 0 Å². The predicted molar refractivity (Wildman–Crippen MR) is 58.0 cm³/mol. The van der Waals surface area contributed by atoms with Crippen LogP contribution in [0, 0.1) is 6.92 Å². The summed E-state index contributed by atoms with van der Waals surface area (Å²) >= 11 is 0. The molecule has 0 amide bonds. The van der Waals surface area contributed by atoms with Crippen molar-refractivity contribution in [2.45, 2.75) is 20.8 Å². The lowest BCUT2D eigenvalue weighted by atomic mass is 10.2. The van der Waals surface area contributed by atoms with Gasteiger partial charge in [0.25, 0.3) is 0 Å². The quantitative estimate of drug-likeness (QED) is 0.797. The van der Waals surface area contributed by atoms with E-state index in [9.17, 15) is 0 Å². The molecule has 2 N–H and O–H groups in total. The average Bonchev–Trinajstić information content (AvgIpc) is 2.09. The molecule has 1 rings (SSSR count). The Morgan fingerprint density at radius 2 is 2.36 bits per heavy atom. The van der Waals surface area contributed by atoms with Crippen molar-refractivity contribution in [2.75, 3.05) is 6.61 Å². The van der Waals surface area contributed by atoms with Crippen LogP contribution in [-0.4, -0.2) is 11.6 Å². The van der Waals surface area contributed by atoms with E-state index in [2.05, 4.69) is 4.98 Å². The molecule has 0 unspecified atom stereocenters. The monoisotopic (exact) mass is 192 g/mol. The Bertz CT molecular complexity index is 341. The second-order valence-corrected chi connectivity index (χ2v) is 3.20. The lowest BCUT2D eigenvalue weighted by Crippen LogP contribution is -1.96. The molecule has 0 aliphatic rings. The Labute approximate surface area is 84.6 Å². The number of rotatable bonds is 3. The first-order valence-corrected chi connectivity index (χ1v) is 4.66. The summed E-state index contributed by atoms with van der Waals surface area (Å²) in [5.41, 5.74) is 8.26. The zero-order chi connectivity index (χ0) is 10.6. The molecule has 0 saturated heterocycles. The topological polar surface area (TPSA) is 48.1 Å². The Kier molecular flexibility index (Phi) is 3.51. The molecule has 1 aromatic heterocycles. The lowest BCUT2D eigenvalue weighted by Gasteiger charge is -2.06. The Morgan fingerprint density at radius 3 is 2.86 bits per heavy atom. The van der Waals surface area contributed by atoms with E-state index >= 15 is 0 Å². The van der Waals surface area contributed by atoms with E-state index in [0.717, 1.165) is 22.7 Å². The van der Waals surface area contributed by atoms with Gasteiger partial charge in [0.2, 0.25) is 0 Å². The third-order valence-corrected chi connectivity index (χ3v) is 1.76. The van der Waals surface area contributed by atoms with Crippen molar-refractivity contribution in [1.29, 1.82) is 0 Å². The summed E-state index contributed by atoms with van der Waals surface area (Å²) in [7, 11) is 0. The molecule has 1 aromatic rings. The summed E-state index contributed by atoms with van der Waals surface area (Å²) in [5.74, 6) is 0.833. The fourth-order valence-corrected chi connectivity index (χ4v) is 1.18. The number of ether oxygens (including phenoxy) is 1. The molecular formula is C11H16N2O. The largest absolute Gasteiger partial charge is 0.492 e. The molecule has 0 spiro atoms. The van der Waals surface area contributed by atoms with Gasteiger partial charge in [-0.05, 0) is 38.5 Å². The second kappa shape index (κ2) is 4.65. The second-order valence-electron chi connectivity index (χ2n) is 3.20. The molecule has 0 aliphatic carbocycles. The van der Waals surface area contributed by atoms with Crippen molar-refractivity contribution in [2.24, 2.45) is 5.73 Å². The van der Waals surface area contributed by atoms with Crippen molar-refractivity contribution in [1.82, 2.24) is 4.98 Å². The Hall–Kier alpha value is -1.51. The van der Waals surface area contributed by atoms with Gasteiger partial charge in [-0.1, -0.05) is 0 Å². The molecule has 14 heavy (non-hydrogen) atoms. The molecule has 76 valence electrons. The smallest absolute Gasteiger partial charge is 0.140 e. The number of allylic oxidation sites excluding steroid dienone is 1. The number of hydrogen-bond acceptors (Lipinski definition) is 3. The first-order chi connectivity index (χ1) is 6.63. The average molecular weight is 192 g/mol. The van der Waals surface area contributed by atoms with Crippen molar-refractivity contribution < 1.29 is 4.74 Å². The van der Waals surface area contributed by atoms with E-state index in [-0.39, 0.29) is 0 Å². The number of aromatic nitrogens is 1. The molecule has 1 heterocycles. The van der Waals surface area contributed by atoms with Crippen LogP contribution in [0.4, 0.5) is 0 Å². The molecule has 0 atom stereocenters. The van der Waals surface area contributed by atoms with Crippen LogP contribution in [0.3, 0.4) is 0 Å². The van der Waals surface area contributed by atoms with E-state index in [4.69, 9.17) is 10.5 Å². The maximum Gasteiger partial charge on any atom is 0.140 e. The maximum atomic E-state index is 5.56. The SMILES string of the molecule is CCOc1cnc(/C=C(/C)N)cc1C. The van der Waals surface area contributed by atoms with Crippen LogP contribution in [0.2, 0.25) is 0 Å². The third-order valence-electron chi connectivity index (χ3n) is 1.76. The minimum absolute atomic E-state index is 0.660. The van der Waals surface area contributed by atoms with E-state index in [1.807, 2.05) is 32.9 Å². The zero-order valence-corrected chi connectivity index (χ0v) is 8.87. The van der Waals surface area contributed by atoms with Gasteiger partial charge < -0.3 is 10.5 Å². The molecule has 3 heteroatoms. The highest BCUT2D eigenvalue weighted by Gasteiger charge is 1.99. The first kappa shape index (κ1) is 10.6. The lowest BCUT2D eigenvalue weighted by molar-refractivity contribution is 0.336. The number of aryl methyl sites for hydroxylation is 1. The highest BCUT2D eigenvalue weighted by molar-refractivity contribution is 5.50. The number of nitrogens with two attached hydrogens (primary N) is 1. The van der Waals surface area contributed by atoms with Crippen LogP contribution in [0.5, 0.6) is 5.75 Å². The van der Waals surface area contributed by atoms with Gasteiger partial charge in [-0.15, -0.1) is 0 Å². The highest BCUT2D eigenvalue weighted by Crippen LogP contribution is 2.17. The molecule has 0 aliphatic heterocycles. The van der Waals surface area contributed by atoms with E-state index in [1.54, 1.807) is 6.20 Å². The highest BCUT2D eigenvalue weighted by atomic mass is 16.5. The van der Waals surface area contributed by atoms with E-state index < -0.39 is 0 Å². The van der Waals surface area contributed by atoms with Gasteiger partial charge in [0.05, 0.1) is 18.5 Å². The van der Waals surface area contributed by atoms with Gasteiger partial charge >= 0.3 is 0 Å². The van der Waals surface area contributed by atoms with Crippen molar-refractivity contribution in [3.63, 3.8) is 0 Å². The first-order valence-electron chi connectivity index (χ1n) is 4.66. The van der Waals surface area contributed by atoms with Gasteiger partial charge in [0.15, 0.2) is 0 Å². The minimum Gasteiger partial charge on any atom is -0.492 e.